The summed E-state index contributed by atoms with van der Waals surface area (Å²) in [6.45, 7) is 0.481. The predicted octanol–water partition coefficient (Wildman–Crippen LogP) is 2.23. The van der Waals surface area contributed by atoms with Crippen molar-refractivity contribution in [3.63, 3.8) is 0 Å². The molecule has 0 spiro atoms. The monoisotopic (exact) mass is 314 g/mol. The molecular formula is C14H19ClN2O4. The lowest BCUT2D eigenvalue weighted by atomic mass is 10.1. The molecule has 0 aliphatic heterocycles. The summed E-state index contributed by atoms with van der Waals surface area (Å²) in [4.78, 5) is 22.7. The van der Waals surface area contributed by atoms with Crippen LogP contribution in [0.3, 0.4) is 0 Å². The van der Waals surface area contributed by atoms with Gasteiger partial charge >= 0.3 is 12.1 Å². The number of benzene rings is 1. The van der Waals surface area contributed by atoms with E-state index in [1.807, 2.05) is 6.07 Å². The van der Waals surface area contributed by atoms with E-state index in [2.05, 4.69) is 5.32 Å². The maximum Gasteiger partial charge on any atom is 0.409 e. The van der Waals surface area contributed by atoms with Crippen molar-refractivity contribution >= 4 is 23.7 Å². The molecule has 21 heavy (non-hydrogen) atoms. The zero-order valence-corrected chi connectivity index (χ0v) is 12.3. The Morgan fingerprint density at radius 1 is 1.29 bits per heavy atom. The van der Waals surface area contributed by atoms with Crippen LogP contribution in [0, 0.1) is 0 Å². The van der Waals surface area contributed by atoms with Crippen molar-refractivity contribution in [3.05, 3.63) is 35.9 Å². The minimum atomic E-state index is -1.12. The highest BCUT2D eigenvalue weighted by molar-refractivity contribution is 6.20. The minimum Gasteiger partial charge on any atom is -0.480 e. The molecule has 116 valence electrons. The molecule has 2 unspecified atom stereocenters. The van der Waals surface area contributed by atoms with Gasteiger partial charge < -0.3 is 20.9 Å². The second-order valence-electron chi connectivity index (χ2n) is 4.45. The molecular weight excluding hydrogens is 296 g/mol. The zero-order chi connectivity index (χ0) is 15.7. The van der Waals surface area contributed by atoms with Gasteiger partial charge in [0.05, 0.1) is 0 Å². The van der Waals surface area contributed by atoms with Gasteiger partial charge in [-0.2, -0.15) is 0 Å². The number of halogens is 1. The van der Waals surface area contributed by atoms with E-state index in [1.165, 1.54) is 0 Å². The first kappa shape index (κ1) is 17.3. The molecule has 1 aromatic rings. The number of amides is 1. The van der Waals surface area contributed by atoms with Gasteiger partial charge in [-0.05, 0) is 25.8 Å². The zero-order valence-electron chi connectivity index (χ0n) is 11.5. The molecule has 0 bridgehead atoms. The normalized spacial score (nSPS) is 13.2. The third kappa shape index (κ3) is 6.46. The number of nitrogens with one attached hydrogen (secondary N) is 1. The van der Waals surface area contributed by atoms with Gasteiger partial charge in [-0.1, -0.05) is 41.9 Å². The third-order valence-corrected chi connectivity index (χ3v) is 3.15. The number of unbranched alkanes of at least 4 members (excludes halogenated alkanes) is 1. The van der Waals surface area contributed by atoms with Gasteiger partial charge in [-0.15, -0.1) is 0 Å². The topological polar surface area (TPSA) is 102 Å². The summed E-state index contributed by atoms with van der Waals surface area (Å²) in [5.74, 6) is -1.12. The SMILES string of the molecule is NCCCCC(NC(=O)OC(Cl)c1ccccc1)C(=O)O. The van der Waals surface area contributed by atoms with Crippen molar-refractivity contribution in [3.8, 4) is 0 Å². The number of carbonyl (C=O) groups excluding carboxylic acids is 1. The predicted molar refractivity (Wildman–Crippen MR) is 79.0 cm³/mol. The van der Waals surface area contributed by atoms with Gasteiger partial charge in [0.25, 0.3) is 0 Å². The lowest BCUT2D eigenvalue weighted by molar-refractivity contribution is -0.139. The average Bonchev–Trinajstić information content (AvgIpc) is 2.47. The molecule has 1 rings (SSSR count). The van der Waals surface area contributed by atoms with E-state index in [9.17, 15) is 9.59 Å². The second kappa shape index (κ2) is 9.20. The van der Waals surface area contributed by atoms with Crippen molar-refractivity contribution in [2.75, 3.05) is 6.54 Å². The lowest BCUT2D eigenvalue weighted by Crippen LogP contribution is -2.41. The molecule has 0 heterocycles. The van der Waals surface area contributed by atoms with Crippen LogP contribution in [0.4, 0.5) is 4.79 Å². The Morgan fingerprint density at radius 3 is 2.52 bits per heavy atom. The Balaban J connectivity index is 2.48. The Bertz CT molecular complexity index is 456. The maximum absolute atomic E-state index is 11.7. The maximum atomic E-state index is 11.7. The van der Waals surface area contributed by atoms with Gasteiger partial charge in [-0.25, -0.2) is 9.59 Å². The smallest absolute Gasteiger partial charge is 0.409 e. The molecule has 6 nitrogen and oxygen atoms in total. The summed E-state index contributed by atoms with van der Waals surface area (Å²) in [6, 6.07) is 7.74. The van der Waals surface area contributed by atoms with Gasteiger partial charge in [0.15, 0.2) is 0 Å². The average molecular weight is 315 g/mol. The first-order valence-corrected chi connectivity index (χ1v) is 7.07. The Labute approximate surface area is 128 Å². The van der Waals surface area contributed by atoms with Gasteiger partial charge in [0.2, 0.25) is 5.56 Å². The summed E-state index contributed by atoms with van der Waals surface area (Å²) in [5.41, 5.74) is 4.99. The summed E-state index contributed by atoms with van der Waals surface area (Å²) >= 11 is 5.94. The van der Waals surface area contributed by atoms with Crippen molar-refractivity contribution in [1.82, 2.24) is 5.32 Å². The molecule has 0 radical (unpaired) electrons. The van der Waals surface area contributed by atoms with E-state index in [0.29, 0.717) is 31.4 Å². The highest BCUT2D eigenvalue weighted by Gasteiger charge is 2.22. The van der Waals surface area contributed by atoms with Crippen LogP contribution in [0.5, 0.6) is 0 Å². The van der Waals surface area contributed by atoms with E-state index >= 15 is 0 Å². The largest absolute Gasteiger partial charge is 0.480 e. The van der Waals surface area contributed by atoms with E-state index < -0.39 is 23.7 Å². The molecule has 0 aliphatic rings. The van der Waals surface area contributed by atoms with Gasteiger partial charge in [0.1, 0.15) is 6.04 Å². The van der Waals surface area contributed by atoms with E-state index in [0.717, 1.165) is 0 Å². The number of carbonyl (C=O) groups is 2. The molecule has 0 saturated heterocycles. The number of rotatable bonds is 8. The molecule has 1 aromatic carbocycles. The Hall–Kier alpha value is -1.79. The fourth-order valence-electron chi connectivity index (χ4n) is 1.69. The highest BCUT2D eigenvalue weighted by Crippen LogP contribution is 2.21. The number of alkyl carbamates (subject to hydrolysis) is 1. The van der Waals surface area contributed by atoms with Crippen LogP contribution in [-0.4, -0.2) is 29.8 Å². The first-order chi connectivity index (χ1) is 10.0. The van der Waals surface area contributed by atoms with Crippen LogP contribution in [-0.2, 0) is 9.53 Å². The molecule has 7 heteroatoms. The molecule has 0 aliphatic carbocycles. The van der Waals surface area contributed by atoms with Gasteiger partial charge in [-0.3, -0.25) is 0 Å². The molecule has 1 amide bonds. The number of alkyl halides is 1. The minimum absolute atomic E-state index is 0.292. The summed E-state index contributed by atoms with van der Waals surface area (Å²) in [7, 11) is 0. The fourth-order valence-corrected chi connectivity index (χ4v) is 1.92. The number of carboxylic acids is 1. The molecule has 4 N–H and O–H groups in total. The fraction of sp³-hybridized carbons (Fsp3) is 0.429. The molecule has 0 saturated carbocycles. The van der Waals surface area contributed by atoms with Crippen LogP contribution < -0.4 is 11.1 Å². The van der Waals surface area contributed by atoms with E-state index in [1.54, 1.807) is 24.3 Å². The standard InChI is InChI=1S/C14H19ClN2O4/c15-12(10-6-2-1-3-7-10)21-14(20)17-11(13(18)19)8-4-5-9-16/h1-3,6-7,11-12H,4-5,8-9,16H2,(H,17,20)(H,18,19). The summed E-state index contributed by atoms with van der Waals surface area (Å²) < 4.78 is 4.95. The van der Waals surface area contributed by atoms with Crippen molar-refractivity contribution in [2.24, 2.45) is 5.73 Å². The number of carboxylic acid groups (broad SMARTS) is 1. The summed E-state index contributed by atoms with van der Waals surface area (Å²) in [6.07, 6.45) is 0.735. The lowest BCUT2D eigenvalue weighted by Gasteiger charge is -2.16. The second-order valence-corrected chi connectivity index (χ2v) is 4.85. The highest BCUT2D eigenvalue weighted by atomic mass is 35.5. The van der Waals surface area contributed by atoms with Gasteiger partial charge in [0, 0.05) is 5.56 Å². The number of hydrogen-bond donors (Lipinski definition) is 3. The van der Waals surface area contributed by atoms with Crippen LogP contribution in [0.2, 0.25) is 0 Å². The molecule has 2 atom stereocenters. The third-order valence-electron chi connectivity index (χ3n) is 2.81. The van der Waals surface area contributed by atoms with Crippen molar-refractivity contribution in [2.45, 2.75) is 30.9 Å². The number of aliphatic carboxylic acids is 1. The summed E-state index contributed by atoms with van der Waals surface area (Å²) in [5, 5.41) is 11.3. The number of ether oxygens (including phenoxy) is 1. The van der Waals surface area contributed by atoms with Crippen LogP contribution in [0.25, 0.3) is 0 Å². The first-order valence-electron chi connectivity index (χ1n) is 6.63. The van der Waals surface area contributed by atoms with E-state index in [4.69, 9.17) is 27.2 Å². The van der Waals surface area contributed by atoms with Crippen LogP contribution in [0.1, 0.15) is 30.4 Å². The van der Waals surface area contributed by atoms with Crippen molar-refractivity contribution in [1.29, 1.82) is 0 Å². The Kier molecular flexibility index (Phi) is 7.56. The van der Waals surface area contributed by atoms with Crippen LogP contribution in [0.15, 0.2) is 30.3 Å². The quantitative estimate of drug-likeness (QED) is 0.504. The van der Waals surface area contributed by atoms with Crippen LogP contribution >= 0.6 is 11.6 Å². The number of nitrogens with two attached hydrogens (primary N) is 1. The number of hydrogen-bond acceptors (Lipinski definition) is 4. The van der Waals surface area contributed by atoms with Crippen molar-refractivity contribution < 1.29 is 19.4 Å². The molecule has 0 fully saturated rings. The molecule has 0 aromatic heterocycles. The van der Waals surface area contributed by atoms with E-state index in [-0.39, 0.29) is 0 Å². The Morgan fingerprint density at radius 2 is 1.95 bits per heavy atom.